The van der Waals surface area contributed by atoms with Crippen molar-refractivity contribution >= 4 is 17.5 Å². The molecule has 142 valence electrons. The lowest BCUT2D eigenvalue weighted by Crippen LogP contribution is -2.52. The molecule has 3 rings (SSSR count). The highest BCUT2D eigenvalue weighted by atomic mass is 16.2. The lowest BCUT2D eigenvalue weighted by Gasteiger charge is -2.36. The van der Waals surface area contributed by atoms with Crippen molar-refractivity contribution in [3.8, 4) is 0 Å². The number of amides is 2. The van der Waals surface area contributed by atoms with Crippen LogP contribution in [-0.2, 0) is 9.59 Å². The highest BCUT2D eigenvalue weighted by Crippen LogP contribution is 2.26. The fourth-order valence-corrected chi connectivity index (χ4v) is 4.01. The second-order valence-corrected chi connectivity index (χ2v) is 7.73. The van der Waals surface area contributed by atoms with Crippen molar-refractivity contribution in [2.24, 2.45) is 5.92 Å². The SMILES string of the molecule is Cc1cccc(NC(=O)CN2CCN(C(=O)C3CCCCC3)CC2)c1C. The molecule has 26 heavy (non-hydrogen) atoms. The molecular weight excluding hydrogens is 326 g/mol. The molecule has 0 aromatic heterocycles. The summed E-state index contributed by atoms with van der Waals surface area (Å²) in [5.74, 6) is 0.595. The lowest BCUT2D eigenvalue weighted by atomic mass is 9.88. The van der Waals surface area contributed by atoms with Crippen molar-refractivity contribution in [2.45, 2.75) is 46.0 Å². The van der Waals surface area contributed by atoms with E-state index >= 15 is 0 Å². The van der Waals surface area contributed by atoms with E-state index in [1.165, 1.54) is 24.8 Å². The molecule has 1 aliphatic heterocycles. The van der Waals surface area contributed by atoms with Crippen molar-refractivity contribution in [1.82, 2.24) is 9.80 Å². The summed E-state index contributed by atoms with van der Waals surface area (Å²) in [6, 6.07) is 5.96. The van der Waals surface area contributed by atoms with Crippen molar-refractivity contribution in [3.63, 3.8) is 0 Å². The second-order valence-electron chi connectivity index (χ2n) is 7.73. The number of carbonyl (C=O) groups excluding carboxylic acids is 2. The molecule has 1 saturated carbocycles. The van der Waals surface area contributed by atoms with Gasteiger partial charge in [0.15, 0.2) is 0 Å². The molecule has 0 atom stereocenters. The molecule has 1 N–H and O–H groups in total. The highest BCUT2D eigenvalue weighted by molar-refractivity contribution is 5.93. The summed E-state index contributed by atoms with van der Waals surface area (Å²) < 4.78 is 0. The zero-order valence-electron chi connectivity index (χ0n) is 16.1. The van der Waals surface area contributed by atoms with Crippen LogP contribution in [0.25, 0.3) is 0 Å². The van der Waals surface area contributed by atoms with Crippen LogP contribution in [0.2, 0.25) is 0 Å². The number of carbonyl (C=O) groups is 2. The van der Waals surface area contributed by atoms with E-state index in [2.05, 4.69) is 10.2 Å². The Morgan fingerprint density at radius 2 is 1.73 bits per heavy atom. The number of nitrogens with one attached hydrogen (secondary N) is 1. The Kier molecular flexibility index (Phi) is 6.30. The maximum atomic E-state index is 12.6. The van der Waals surface area contributed by atoms with E-state index in [0.717, 1.165) is 50.3 Å². The highest BCUT2D eigenvalue weighted by Gasteiger charge is 2.28. The maximum absolute atomic E-state index is 12.6. The Labute approximate surface area is 156 Å². The monoisotopic (exact) mass is 357 g/mol. The fraction of sp³-hybridized carbons (Fsp3) is 0.619. The topological polar surface area (TPSA) is 52.7 Å². The zero-order chi connectivity index (χ0) is 18.5. The number of rotatable bonds is 4. The largest absolute Gasteiger partial charge is 0.340 e. The van der Waals surface area contributed by atoms with Crippen LogP contribution in [0.15, 0.2) is 18.2 Å². The van der Waals surface area contributed by atoms with Crippen LogP contribution < -0.4 is 5.32 Å². The minimum Gasteiger partial charge on any atom is -0.340 e. The molecule has 0 spiro atoms. The Bertz CT molecular complexity index is 645. The Morgan fingerprint density at radius 1 is 1.04 bits per heavy atom. The minimum atomic E-state index is 0.0192. The number of benzene rings is 1. The van der Waals surface area contributed by atoms with Crippen LogP contribution in [0.5, 0.6) is 0 Å². The van der Waals surface area contributed by atoms with Crippen molar-refractivity contribution in [1.29, 1.82) is 0 Å². The molecule has 1 heterocycles. The first-order chi connectivity index (χ1) is 12.5. The predicted molar refractivity (Wildman–Crippen MR) is 104 cm³/mol. The van der Waals surface area contributed by atoms with E-state index in [9.17, 15) is 9.59 Å². The van der Waals surface area contributed by atoms with Crippen molar-refractivity contribution in [2.75, 3.05) is 38.0 Å². The molecule has 2 fully saturated rings. The van der Waals surface area contributed by atoms with Gasteiger partial charge in [-0.1, -0.05) is 31.4 Å². The van der Waals surface area contributed by atoms with Gasteiger partial charge in [-0.2, -0.15) is 0 Å². The molecular formula is C21H31N3O2. The van der Waals surface area contributed by atoms with Gasteiger partial charge >= 0.3 is 0 Å². The maximum Gasteiger partial charge on any atom is 0.238 e. The first-order valence-corrected chi connectivity index (χ1v) is 9.92. The summed E-state index contributed by atoms with van der Waals surface area (Å²) >= 11 is 0. The number of nitrogens with zero attached hydrogens (tertiary/aromatic N) is 2. The standard InChI is InChI=1S/C21H31N3O2/c1-16-7-6-10-19(17(16)2)22-20(25)15-23-11-13-24(14-12-23)21(26)18-8-4-3-5-9-18/h6-7,10,18H,3-5,8-9,11-15H2,1-2H3,(H,22,25). The third kappa shape index (κ3) is 4.64. The third-order valence-electron chi connectivity index (χ3n) is 5.88. The number of hydrogen-bond acceptors (Lipinski definition) is 3. The van der Waals surface area contributed by atoms with Crippen molar-refractivity contribution < 1.29 is 9.59 Å². The molecule has 5 nitrogen and oxygen atoms in total. The first-order valence-electron chi connectivity index (χ1n) is 9.92. The summed E-state index contributed by atoms with van der Waals surface area (Å²) in [5.41, 5.74) is 3.18. The summed E-state index contributed by atoms with van der Waals surface area (Å²) in [6.07, 6.45) is 5.76. The average molecular weight is 357 g/mol. The molecule has 1 aliphatic carbocycles. The zero-order valence-corrected chi connectivity index (χ0v) is 16.1. The van der Waals surface area contributed by atoms with Gasteiger partial charge in [0.2, 0.25) is 11.8 Å². The Balaban J connectivity index is 1.45. The van der Waals surface area contributed by atoms with Gasteiger partial charge in [-0.15, -0.1) is 0 Å². The first kappa shape index (κ1) is 18.9. The number of aryl methyl sites for hydroxylation is 1. The van der Waals surface area contributed by atoms with Crippen molar-refractivity contribution in [3.05, 3.63) is 29.3 Å². The molecule has 2 amide bonds. The van der Waals surface area contributed by atoms with Crippen LogP contribution in [0.1, 0.15) is 43.2 Å². The minimum absolute atomic E-state index is 0.0192. The molecule has 0 radical (unpaired) electrons. The summed E-state index contributed by atoms with van der Waals surface area (Å²) in [5, 5.41) is 3.02. The van der Waals surface area contributed by atoms with E-state index in [4.69, 9.17) is 0 Å². The van der Waals surface area contributed by atoms with Gasteiger partial charge in [0.1, 0.15) is 0 Å². The summed E-state index contributed by atoms with van der Waals surface area (Å²) in [4.78, 5) is 29.1. The molecule has 0 bridgehead atoms. The molecule has 1 saturated heterocycles. The van der Waals surface area contributed by atoms with Gasteiger partial charge in [-0.25, -0.2) is 0 Å². The van der Waals surface area contributed by atoms with Crippen LogP contribution in [0.3, 0.4) is 0 Å². The predicted octanol–water partition coefficient (Wildman–Crippen LogP) is 2.97. The Morgan fingerprint density at radius 3 is 2.42 bits per heavy atom. The number of piperazine rings is 1. The van der Waals surface area contributed by atoms with E-state index < -0.39 is 0 Å². The van der Waals surface area contributed by atoms with Gasteiger partial charge in [-0.3, -0.25) is 14.5 Å². The van der Waals surface area contributed by atoms with Gasteiger partial charge < -0.3 is 10.2 Å². The Hall–Kier alpha value is -1.88. The van der Waals surface area contributed by atoms with Crippen LogP contribution >= 0.6 is 0 Å². The molecule has 0 unspecified atom stereocenters. The lowest BCUT2D eigenvalue weighted by molar-refractivity contribution is -0.138. The average Bonchev–Trinajstić information content (AvgIpc) is 2.66. The third-order valence-corrected chi connectivity index (χ3v) is 5.88. The van der Waals surface area contributed by atoms with Crippen LogP contribution in [0, 0.1) is 19.8 Å². The number of hydrogen-bond donors (Lipinski definition) is 1. The van der Waals surface area contributed by atoms with Gasteiger partial charge in [0.25, 0.3) is 0 Å². The van der Waals surface area contributed by atoms with E-state index in [1.54, 1.807) is 0 Å². The summed E-state index contributed by atoms with van der Waals surface area (Å²) in [6.45, 7) is 7.50. The normalized spacial score (nSPS) is 19.4. The molecule has 2 aliphatic rings. The quantitative estimate of drug-likeness (QED) is 0.901. The second kappa shape index (κ2) is 8.67. The molecule has 1 aromatic rings. The van der Waals surface area contributed by atoms with E-state index in [-0.39, 0.29) is 11.8 Å². The fourth-order valence-electron chi connectivity index (χ4n) is 4.01. The van der Waals surface area contributed by atoms with Crippen LogP contribution in [0.4, 0.5) is 5.69 Å². The van der Waals surface area contributed by atoms with Gasteiger partial charge in [-0.05, 0) is 43.9 Å². The van der Waals surface area contributed by atoms with E-state index in [0.29, 0.717) is 12.5 Å². The smallest absolute Gasteiger partial charge is 0.238 e. The van der Waals surface area contributed by atoms with E-state index in [1.807, 2.05) is 36.9 Å². The molecule has 1 aromatic carbocycles. The van der Waals surface area contributed by atoms with Gasteiger partial charge in [0.05, 0.1) is 6.54 Å². The van der Waals surface area contributed by atoms with Crippen LogP contribution in [-0.4, -0.2) is 54.3 Å². The summed E-state index contributed by atoms with van der Waals surface area (Å²) in [7, 11) is 0. The number of anilines is 1. The van der Waals surface area contributed by atoms with Gasteiger partial charge in [0, 0.05) is 37.8 Å². The molecule has 5 heteroatoms.